The number of hydrogen-bond donors (Lipinski definition) is 1. The number of rotatable bonds is 3. The van der Waals surface area contributed by atoms with Crippen LogP contribution in [0.5, 0.6) is 0 Å². The van der Waals surface area contributed by atoms with Crippen LogP contribution in [0.3, 0.4) is 0 Å². The van der Waals surface area contributed by atoms with Crippen molar-refractivity contribution in [2.75, 3.05) is 7.11 Å². The average Bonchev–Trinajstić information content (AvgIpc) is 2.68. The maximum Gasteiger partial charge on any atom is 0.0975 e. The van der Waals surface area contributed by atoms with E-state index >= 15 is 0 Å². The van der Waals surface area contributed by atoms with E-state index in [2.05, 4.69) is 10.2 Å². The molecule has 0 saturated heterocycles. The third-order valence-corrected chi connectivity index (χ3v) is 2.07. The van der Waals surface area contributed by atoms with Gasteiger partial charge in [0.15, 0.2) is 0 Å². The summed E-state index contributed by atoms with van der Waals surface area (Å²) in [6, 6.07) is 10.1. The maximum atomic E-state index is 5.09. The van der Waals surface area contributed by atoms with E-state index in [9.17, 15) is 0 Å². The summed E-state index contributed by atoms with van der Waals surface area (Å²) in [4.78, 5) is 0. The smallest absolute Gasteiger partial charge is 0.0975 e. The van der Waals surface area contributed by atoms with Crippen molar-refractivity contribution in [1.82, 2.24) is 10.2 Å². The Bertz CT molecular complexity index is 395. The second-order valence-corrected chi connectivity index (χ2v) is 3.06. The first-order valence-corrected chi connectivity index (χ1v) is 4.49. The zero-order valence-corrected chi connectivity index (χ0v) is 8.03. The molecule has 14 heavy (non-hydrogen) atoms. The highest BCUT2D eigenvalue weighted by molar-refractivity contribution is 5.62. The largest absolute Gasteiger partial charge is 0.380 e. The topological polar surface area (TPSA) is 37.9 Å². The molecule has 0 aliphatic carbocycles. The van der Waals surface area contributed by atoms with Gasteiger partial charge in [0.1, 0.15) is 0 Å². The molecular formula is C11H12N2O. The molecule has 0 aliphatic heterocycles. The van der Waals surface area contributed by atoms with Gasteiger partial charge in [0, 0.05) is 24.4 Å². The van der Waals surface area contributed by atoms with Crippen molar-refractivity contribution in [3.63, 3.8) is 0 Å². The Hall–Kier alpha value is -1.61. The quantitative estimate of drug-likeness (QED) is 0.802. The van der Waals surface area contributed by atoms with Gasteiger partial charge in [-0.25, -0.2) is 0 Å². The lowest BCUT2D eigenvalue weighted by atomic mass is 10.1. The van der Waals surface area contributed by atoms with Crippen LogP contribution < -0.4 is 0 Å². The van der Waals surface area contributed by atoms with Crippen LogP contribution in [0.2, 0.25) is 0 Å². The van der Waals surface area contributed by atoms with Crippen LogP contribution in [0, 0.1) is 0 Å². The first kappa shape index (κ1) is 8.97. The standard InChI is InChI=1S/C11H12N2O/c1-14-8-10-7-12-13-11(10)9-5-3-2-4-6-9/h2-7H,8H2,1H3,(H,12,13). The number of nitrogens with one attached hydrogen (secondary N) is 1. The van der Waals surface area contributed by atoms with Crippen molar-refractivity contribution in [2.24, 2.45) is 0 Å². The molecule has 0 fully saturated rings. The zero-order valence-electron chi connectivity index (χ0n) is 8.03. The first-order chi connectivity index (χ1) is 6.92. The van der Waals surface area contributed by atoms with Gasteiger partial charge in [-0.2, -0.15) is 5.10 Å². The number of H-pyrrole nitrogens is 1. The van der Waals surface area contributed by atoms with Crippen molar-refractivity contribution < 1.29 is 4.74 Å². The molecule has 0 atom stereocenters. The number of nitrogens with zero attached hydrogens (tertiary/aromatic N) is 1. The van der Waals surface area contributed by atoms with Crippen LogP contribution in [0.15, 0.2) is 36.5 Å². The summed E-state index contributed by atoms with van der Waals surface area (Å²) >= 11 is 0. The van der Waals surface area contributed by atoms with Crippen LogP contribution in [0.25, 0.3) is 11.3 Å². The summed E-state index contributed by atoms with van der Waals surface area (Å²) < 4.78 is 5.09. The Morgan fingerprint density at radius 1 is 1.29 bits per heavy atom. The monoisotopic (exact) mass is 188 g/mol. The Morgan fingerprint density at radius 2 is 2.07 bits per heavy atom. The van der Waals surface area contributed by atoms with E-state index in [4.69, 9.17) is 4.74 Å². The Balaban J connectivity index is 2.37. The molecule has 0 spiro atoms. The molecule has 0 amide bonds. The molecule has 1 N–H and O–H groups in total. The van der Waals surface area contributed by atoms with Crippen LogP contribution >= 0.6 is 0 Å². The van der Waals surface area contributed by atoms with Crippen molar-refractivity contribution >= 4 is 0 Å². The van der Waals surface area contributed by atoms with Gasteiger partial charge >= 0.3 is 0 Å². The summed E-state index contributed by atoms with van der Waals surface area (Å²) in [5.74, 6) is 0. The first-order valence-electron chi connectivity index (χ1n) is 4.49. The number of benzene rings is 1. The summed E-state index contributed by atoms with van der Waals surface area (Å²) in [5.41, 5.74) is 3.16. The van der Waals surface area contributed by atoms with Gasteiger partial charge in [0.05, 0.1) is 12.3 Å². The molecule has 2 rings (SSSR count). The Kier molecular flexibility index (Phi) is 2.60. The van der Waals surface area contributed by atoms with Crippen LogP contribution in [0.1, 0.15) is 5.56 Å². The van der Waals surface area contributed by atoms with Gasteiger partial charge in [-0.05, 0) is 0 Å². The lowest BCUT2D eigenvalue weighted by molar-refractivity contribution is 0.185. The molecule has 2 aromatic rings. The number of methoxy groups -OCH3 is 1. The van der Waals surface area contributed by atoms with Gasteiger partial charge in [0.2, 0.25) is 0 Å². The molecule has 0 bridgehead atoms. The molecule has 0 unspecified atom stereocenters. The van der Waals surface area contributed by atoms with E-state index in [-0.39, 0.29) is 0 Å². The third-order valence-electron chi connectivity index (χ3n) is 2.07. The van der Waals surface area contributed by atoms with E-state index < -0.39 is 0 Å². The van der Waals surface area contributed by atoms with Crippen molar-refractivity contribution in [1.29, 1.82) is 0 Å². The molecular weight excluding hydrogens is 176 g/mol. The predicted octanol–water partition coefficient (Wildman–Crippen LogP) is 2.22. The normalized spacial score (nSPS) is 10.4. The van der Waals surface area contributed by atoms with Gasteiger partial charge in [-0.1, -0.05) is 30.3 Å². The summed E-state index contributed by atoms with van der Waals surface area (Å²) in [6.45, 7) is 0.584. The minimum absolute atomic E-state index is 0.584. The Morgan fingerprint density at radius 3 is 2.79 bits per heavy atom. The van der Waals surface area contributed by atoms with Crippen molar-refractivity contribution in [3.05, 3.63) is 42.1 Å². The van der Waals surface area contributed by atoms with E-state index in [1.807, 2.05) is 36.5 Å². The molecule has 72 valence electrons. The van der Waals surface area contributed by atoms with E-state index in [0.717, 1.165) is 16.8 Å². The highest BCUT2D eigenvalue weighted by Gasteiger charge is 2.06. The lowest BCUT2D eigenvalue weighted by Gasteiger charge is -2.00. The fourth-order valence-electron chi connectivity index (χ4n) is 1.43. The minimum Gasteiger partial charge on any atom is -0.380 e. The molecule has 0 aliphatic rings. The third kappa shape index (κ3) is 1.67. The highest BCUT2D eigenvalue weighted by Crippen LogP contribution is 2.20. The zero-order chi connectivity index (χ0) is 9.80. The number of aromatic amines is 1. The van der Waals surface area contributed by atoms with Crippen LogP contribution in [0.4, 0.5) is 0 Å². The van der Waals surface area contributed by atoms with Gasteiger partial charge in [-0.3, -0.25) is 5.10 Å². The van der Waals surface area contributed by atoms with Gasteiger partial charge in [-0.15, -0.1) is 0 Å². The fraction of sp³-hybridized carbons (Fsp3) is 0.182. The van der Waals surface area contributed by atoms with E-state index in [1.165, 1.54) is 0 Å². The van der Waals surface area contributed by atoms with Crippen molar-refractivity contribution in [3.8, 4) is 11.3 Å². The minimum atomic E-state index is 0.584. The fourth-order valence-corrected chi connectivity index (χ4v) is 1.43. The van der Waals surface area contributed by atoms with Crippen LogP contribution in [-0.2, 0) is 11.3 Å². The molecule has 0 radical (unpaired) electrons. The Labute approximate surface area is 82.7 Å². The molecule has 1 heterocycles. The molecule has 3 heteroatoms. The SMILES string of the molecule is COCc1c[nH]nc1-c1ccccc1. The van der Waals surface area contributed by atoms with E-state index in [0.29, 0.717) is 6.61 Å². The second kappa shape index (κ2) is 4.07. The summed E-state index contributed by atoms with van der Waals surface area (Å²) in [5, 5.41) is 7.05. The number of aromatic nitrogens is 2. The summed E-state index contributed by atoms with van der Waals surface area (Å²) in [7, 11) is 1.68. The average molecular weight is 188 g/mol. The number of hydrogen-bond acceptors (Lipinski definition) is 2. The lowest BCUT2D eigenvalue weighted by Crippen LogP contribution is -1.88. The number of ether oxygens (including phenoxy) is 1. The molecule has 0 saturated carbocycles. The van der Waals surface area contributed by atoms with E-state index in [1.54, 1.807) is 7.11 Å². The van der Waals surface area contributed by atoms with Crippen molar-refractivity contribution in [2.45, 2.75) is 6.61 Å². The van der Waals surface area contributed by atoms with Gasteiger partial charge in [0.25, 0.3) is 0 Å². The second-order valence-electron chi connectivity index (χ2n) is 3.06. The van der Waals surface area contributed by atoms with Crippen LogP contribution in [-0.4, -0.2) is 17.3 Å². The molecule has 1 aromatic carbocycles. The predicted molar refractivity (Wildman–Crippen MR) is 54.7 cm³/mol. The molecule has 1 aromatic heterocycles. The molecule has 3 nitrogen and oxygen atoms in total. The maximum absolute atomic E-state index is 5.09. The highest BCUT2D eigenvalue weighted by atomic mass is 16.5. The van der Waals surface area contributed by atoms with Gasteiger partial charge < -0.3 is 4.74 Å². The summed E-state index contributed by atoms with van der Waals surface area (Å²) in [6.07, 6.45) is 1.87.